The highest BCUT2D eigenvalue weighted by atomic mass is 16.5. The summed E-state index contributed by atoms with van der Waals surface area (Å²) in [5.74, 6) is 0.689. The van der Waals surface area contributed by atoms with Gasteiger partial charge in [-0.2, -0.15) is 4.68 Å². The summed E-state index contributed by atoms with van der Waals surface area (Å²) in [6, 6.07) is 15.1. The lowest BCUT2D eigenvalue weighted by Crippen LogP contribution is -2.31. The predicted octanol–water partition coefficient (Wildman–Crippen LogP) is 2.12. The maximum atomic E-state index is 12.7. The number of tetrazole rings is 1. The van der Waals surface area contributed by atoms with E-state index in [-0.39, 0.29) is 5.91 Å². The molecule has 1 aromatic heterocycles. The van der Waals surface area contributed by atoms with Crippen molar-refractivity contribution in [2.75, 3.05) is 20.2 Å². The average Bonchev–Trinajstić information content (AvgIpc) is 3.15. The Balaban J connectivity index is 1.65. The van der Waals surface area contributed by atoms with E-state index >= 15 is 0 Å². The standard InChI is InChI=1S/C18H19N5O2/c1-14-6-5-7-15(12-14)25-11-10-22(2)18(24)16-8-3-4-9-17(16)23-13-19-20-21-23/h3-9,12-13H,10-11H2,1-2H3. The van der Waals surface area contributed by atoms with Gasteiger partial charge in [-0.1, -0.05) is 24.3 Å². The van der Waals surface area contributed by atoms with Gasteiger partial charge in [0.2, 0.25) is 0 Å². The number of amides is 1. The summed E-state index contributed by atoms with van der Waals surface area (Å²) in [7, 11) is 1.75. The van der Waals surface area contributed by atoms with E-state index in [0.717, 1.165) is 11.3 Å². The largest absolute Gasteiger partial charge is 0.492 e. The van der Waals surface area contributed by atoms with Crippen LogP contribution >= 0.6 is 0 Å². The number of hydrogen-bond acceptors (Lipinski definition) is 5. The smallest absolute Gasteiger partial charge is 0.255 e. The van der Waals surface area contributed by atoms with E-state index < -0.39 is 0 Å². The number of para-hydroxylation sites is 1. The normalized spacial score (nSPS) is 10.5. The van der Waals surface area contributed by atoms with Crippen LogP contribution in [-0.2, 0) is 0 Å². The van der Waals surface area contributed by atoms with Gasteiger partial charge in [0.25, 0.3) is 5.91 Å². The van der Waals surface area contributed by atoms with Crippen molar-refractivity contribution in [3.05, 3.63) is 66.0 Å². The molecule has 1 heterocycles. The summed E-state index contributed by atoms with van der Waals surface area (Å²) in [5, 5.41) is 11.1. The Morgan fingerprint density at radius 1 is 1.20 bits per heavy atom. The molecule has 2 aromatic carbocycles. The van der Waals surface area contributed by atoms with Crippen LogP contribution in [0.5, 0.6) is 5.75 Å². The van der Waals surface area contributed by atoms with Gasteiger partial charge >= 0.3 is 0 Å². The molecule has 7 heteroatoms. The second-order valence-corrected chi connectivity index (χ2v) is 5.66. The topological polar surface area (TPSA) is 73.1 Å². The van der Waals surface area contributed by atoms with E-state index in [4.69, 9.17) is 4.74 Å². The maximum Gasteiger partial charge on any atom is 0.255 e. The van der Waals surface area contributed by atoms with E-state index in [2.05, 4.69) is 15.5 Å². The molecule has 3 rings (SSSR count). The van der Waals surface area contributed by atoms with Gasteiger partial charge in [-0.15, -0.1) is 5.10 Å². The highest BCUT2D eigenvalue weighted by Crippen LogP contribution is 2.15. The predicted molar refractivity (Wildman–Crippen MR) is 92.8 cm³/mol. The first kappa shape index (κ1) is 16.6. The van der Waals surface area contributed by atoms with E-state index in [1.165, 1.54) is 11.0 Å². The molecule has 7 nitrogen and oxygen atoms in total. The van der Waals surface area contributed by atoms with E-state index in [1.807, 2.05) is 43.3 Å². The van der Waals surface area contributed by atoms with Crippen LogP contribution in [0.1, 0.15) is 15.9 Å². The van der Waals surface area contributed by atoms with Crippen LogP contribution < -0.4 is 4.74 Å². The molecule has 0 bridgehead atoms. The maximum absolute atomic E-state index is 12.7. The van der Waals surface area contributed by atoms with E-state index in [0.29, 0.717) is 24.4 Å². The average molecular weight is 337 g/mol. The second-order valence-electron chi connectivity index (χ2n) is 5.66. The van der Waals surface area contributed by atoms with E-state index in [9.17, 15) is 4.79 Å². The van der Waals surface area contributed by atoms with E-state index in [1.54, 1.807) is 24.1 Å². The number of aromatic nitrogens is 4. The first-order valence-corrected chi connectivity index (χ1v) is 7.92. The van der Waals surface area contributed by atoms with Crippen molar-refractivity contribution in [3.8, 4) is 11.4 Å². The van der Waals surface area contributed by atoms with Crippen molar-refractivity contribution in [2.24, 2.45) is 0 Å². The number of aryl methyl sites for hydroxylation is 1. The van der Waals surface area contributed by atoms with Crippen LogP contribution in [0, 0.1) is 6.92 Å². The first-order chi connectivity index (χ1) is 12.1. The van der Waals surface area contributed by atoms with Gasteiger partial charge in [0.15, 0.2) is 0 Å². The summed E-state index contributed by atoms with van der Waals surface area (Å²) in [6.07, 6.45) is 1.47. The number of benzene rings is 2. The zero-order valence-corrected chi connectivity index (χ0v) is 14.2. The second kappa shape index (κ2) is 7.57. The summed E-state index contributed by atoms with van der Waals surface area (Å²) in [4.78, 5) is 14.4. The fourth-order valence-electron chi connectivity index (χ4n) is 2.44. The van der Waals surface area contributed by atoms with Crippen LogP contribution in [0.15, 0.2) is 54.9 Å². The third-order valence-electron chi connectivity index (χ3n) is 3.76. The number of ether oxygens (including phenoxy) is 1. The molecule has 0 unspecified atom stereocenters. The number of likely N-dealkylation sites (N-methyl/N-ethyl adjacent to an activating group) is 1. The van der Waals surface area contributed by atoms with Crippen molar-refractivity contribution in [1.82, 2.24) is 25.1 Å². The number of hydrogen-bond donors (Lipinski definition) is 0. The van der Waals surface area contributed by atoms with Crippen molar-refractivity contribution >= 4 is 5.91 Å². The highest BCUT2D eigenvalue weighted by Gasteiger charge is 2.17. The molecule has 128 valence electrons. The molecule has 3 aromatic rings. The Hall–Kier alpha value is -3.22. The number of nitrogens with zero attached hydrogens (tertiary/aromatic N) is 5. The van der Waals surface area contributed by atoms with Crippen LogP contribution in [0.2, 0.25) is 0 Å². The monoisotopic (exact) mass is 337 g/mol. The Labute approximate surface area is 145 Å². The lowest BCUT2D eigenvalue weighted by molar-refractivity contribution is 0.0773. The third kappa shape index (κ3) is 4.00. The molecule has 0 aliphatic rings. The number of carbonyl (C=O) groups is 1. The fraction of sp³-hybridized carbons (Fsp3) is 0.222. The molecule has 0 aliphatic heterocycles. The van der Waals surface area contributed by atoms with Gasteiger partial charge in [-0.05, 0) is 47.2 Å². The van der Waals surface area contributed by atoms with Crippen molar-refractivity contribution in [3.63, 3.8) is 0 Å². The lowest BCUT2D eigenvalue weighted by Gasteiger charge is -2.19. The number of carbonyl (C=O) groups excluding carboxylic acids is 1. The van der Waals surface area contributed by atoms with Crippen molar-refractivity contribution in [2.45, 2.75) is 6.92 Å². The molecule has 1 amide bonds. The first-order valence-electron chi connectivity index (χ1n) is 7.92. The Kier molecular flexibility index (Phi) is 5.03. The Bertz CT molecular complexity index is 848. The molecule has 0 spiro atoms. The fourth-order valence-corrected chi connectivity index (χ4v) is 2.44. The third-order valence-corrected chi connectivity index (χ3v) is 3.76. The zero-order chi connectivity index (χ0) is 17.6. The van der Waals surface area contributed by atoms with Crippen LogP contribution in [0.4, 0.5) is 0 Å². The number of rotatable bonds is 6. The van der Waals surface area contributed by atoms with Gasteiger partial charge < -0.3 is 9.64 Å². The lowest BCUT2D eigenvalue weighted by atomic mass is 10.1. The quantitative estimate of drug-likeness (QED) is 0.689. The summed E-state index contributed by atoms with van der Waals surface area (Å²) >= 11 is 0. The summed E-state index contributed by atoms with van der Waals surface area (Å²) in [5.41, 5.74) is 2.31. The molecule has 0 saturated carbocycles. The van der Waals surface area contributed by atoms with Gasteiger partial charge in [-0.3, -0.25) is 4.79 Å². The molecule has 0 N–H and O–H groups in total. The van der Waals surface area contributed by atoms with Crippen molar-refractivity contribution in [1.29, 1.82) is 0 Å². The molecule has 0 radical (unpaired) electrons. The highest BCUT2D eigenvalue weighted by molar-refractivity contribution is 5.97. The molecule has 0 aliphatic carbocycles. The van der Waals surface area contributed by atoms with Gasteiger partial charge in [-0.25, -0.2) is 0 Å². The van der Waals surface area contributed by atoms with Crippen molar-refractivity contribution < 1.29 is 9.53 Å². The summed E-state index contributed by atoms with van der Waals surface area (Å²) in [6.45, 7) is 2.90. The molecule has 0 fully saturated rings. The molecular weight excluding hydrogens is 318 g/mol. The van der Waals surface area contributed by atoms with Gasteiger partial charge in [0, 0.05) is 7.05 Å². The molecular formula is C18H19N5O2. The Morgan fingerprint density at radius 3 is 2.80 bits per heavy atom. The Morgan fingerprint density at radius 2 is 2.04 bits per heavy atom. The SMILES string of the molecule is Cc1cccc(OCCN(C)C(=O)c2ccccc2-n2cnnn2)c1. The minimum atomic E-state index is -0.112. The van der Waals surface area contributed by atoms with Crippen LogP contribution in [0.25, 0.3) is 5.69 Å². The van der Waals surface area contributed by atoms with Crippen LogP contribution in [0.3, 0.4) is 0 Å². The minimum absolute atomic E-state index is 0.112. The van der Waals surface area contributed by atoms with Gasteiger partial charge in [0.1, 0.15) is 18.7 Å². The molecule has 0 saturated heterocycles. The van der Waals surface area contributed by atoms with Crippen LogP contribution in [-0.4, -0.2) is 51.2 Å². The zero-order valence-electron chi connectivity index (χ0n) is 14.2. The molecule has 25 heavy (non-hydrogen) atoms. The molecule has 0 atom stereocenters. The summed E-state index contributed by atoms with van der Waals surface area (Å²) < 4.78 is 7.19. The van der Waals surface area contributed by atoms with Gasteiger partial charge in [0.05, 0.1) is 17.8 Å². The minimum Gasteiger partial charge on any atom is -0.492 e.